The molecule has 62 valence electrons. The molecule has 0 saturated heterocycles. The topological polar surface area (TPSA) is 69.9 Å². The predicted molar refractivity (Wildman–Crippen MR) is 44.9 cm³/mol. The summed E-state index contributed by atoms with van der Waals surface area (Å²) < 4.78 is 1.90. The van der Waals surface area contributed by atoms with E-state index >= 15 is 0 Å². The van der Waals surface area contributed by atoms with E-state index in [1.54, 1.807) is 0 Å². The van der Waals surface area contributed by atoms with Crippen LogP contribution in [0.5, 0.6) is 0 Å². The third-order valence-electron chi connectivity index (χ3n) is 1.58. The molecule has 1 aromatic rings. The van der Waals surface area contributed by atoms with E-state index in [1.807, 2.05) is 10.8 Å². The van der Waals surface area contributed by atoms with Gasteiger partial charge in [-0.2, -0.15) is 0 Å². The lowest BCUT2D eigenvalue weighted by Gasteiger charge is -2.06. The smallest absolute Gasteiger partial charge is 0.200 e. The summed E-state index contributed by atoms with van der Waals surface area (Å²) in [5.74, 6) is 0.542. The van der Waals surface area contributed by atoms with Crippen LogP contribution in [-0.4, -0.2) is 9.55 Å². The van der Waals surface area contributed by atoms with Crippen molar-refractivity contribution >= 4 is 5.95 Å². The summed E-state index contributed by atoms with van der Waals surface area (Å²) in [5, 5.41) is 0. The number of hydrogen-bond donors (Lipinski definition) is 2. The third kappa shape index (κ3) is 1.51. The van der Waals surface area contributed by atoms with Crippen molar-refractivity contribution in [2.45, 2.75) is 26.4 Å². The molecule has 0 saturated carbocycles. The quantitative estimate of drug-likeness (QED) is 0.651. The van der Waals surface area contributed by atoms with Crippen LogP contribution in [0.2, 0.25) is 0 Å². The molecular weight excluding hydrogens is 140 g/mol. The molecule has 0 unspecified atom stereocenters. The van der Waals surface area contributed by atoms with Crippen molar-refractivity contribution in [1.82, 2.24) is 9.55 Å². The van der Waals surface area contributed by atoms with Gasteiger partial charge < -0.3 is 16.0 Å². The third-order valence-corrected chi connectivity index (χ3v) is 1.58. The molecule has 0 amide bonds. The number of nitrogens with zero attached hydrogens (tertiary/aromatic N) is 2. The fraction of sp³-hybridized carbons (Fsp3) is 0.571. The number of anilines is 1. The van der Waals surface area contributed by atoms with Crippen molar-refractivity contribution in [2.75, 3.05) is 5.73 Å². The van der Waals surface area contributed by atoms with Crippen LogP contribution >= 0.6 is 0 Å². The summed E-state index contributed by atoms with van der Waals surface area (Å²) in [7, 11) is 0. The second-order valence-corrected chi connectivity index (χ2v) is 2.80. The molecule has 0 aliphatic heterocycles. The average Bonchev–Trinajstić information content (AvgIpc) is 2.30. The van der Waals surface area contributed by atoms with Gasteiger partial charge in [0.25, 0.3) is 0 Å². The Balaban J connectivity index is 2.97. The van der Waals surface area contributed by atoms with E-state index in [0.29, 0.717) is 18.5 Å². The number of nitrogen functional groups attached to an aromatic ring is 1. The SMILES string of the molecule is CC(C)n1cc(CN)nc1N. The summed E-state index contributed by atoms with van der Waals surface area (Å²) in [6, 6.07) is 0.350. The van der Waals surface area contributed by atoms with Crippen molar-refractivity contribution in [3.63, 3.8) is 0 Å². The molecule has 0 aliphatic rings. The van der Waals surface area contributed by atoms with Crippen LogP contribution in [0.15, 0.2) is 6.20 Å². The molecule has 1 heterocycles. The minimum absolute atomic E-state index is 0.350. The zero-order valence-electron chi connectivity index (χ0n) is 6.91. The van der Waals surface area contributed by atoms with Gasteiger partial charge in [-0.05, 0) is 13.8 Å². The van der Waals surface area contributed by atoms with E-state index in [9.17, 15) is 0 Å². The minimum atomic E-state index is 0.350. The molecule has 0 aliphatic carbocycles. The second kappa shape index (κ2) is 2.92. The first-order chi connectivity index (χ1) is 5.15. The van der Waals surface area contributed by atoms with E-state index < -0.39 is 0 Å². The Bertz CT molecular complexity index is 239. The lowest BCUT2D eigenvalue weighted by Crippen LogP contribution is -2.03. The van der Waals surface area contributed by atoms with Gasteiger partial charge >= 0.3 is 0 Å². The van der Waals surface area contributed by atoms with E-state index in [4.69, 9.17) is 11.5 Å². The maximum absolute atomic E-state index is 5.61. The van der Waals surface area contributed by atoms with Crippen molar-refractivity contribution < 1.29 is 0 Å². The van der Waals surface area contributed by atoms with Gasteiger partial charge in [-0.3, -0.25) is 0 Å². The highest BCUT2D eigenvalue weighted by Crippen LogP contribution is 2.11. The van der Waals surface area contributed by atoms with E-state index in [2.05, 4.69) is 18.8 Å². The van der Waals surface area contributed by atoms with Crippen LogP contribution < -0.4 is 11.5 Å². The standard InChI is InChI=1S/C7H14N4/c1-5(2)11-4-6(3-8)10-7(11)9/h4-5H,3,8H2,1-2H3,(H2,9,10). The normalized spacial score (nSPS) is 10.9. The number of hydrogen-bond acceptors (Lipinski definition) is 3. The minimum Gasteiger partial charge on any atom is -0.369 e. The van der Waals surface area contributed by atoms with Crippen LogP contribution in [0.4, 0.5) is 5.95 Å². The van der Waals surface area contributed by atoms with Gasteiger partial charge in [-0.25, -0.2) is 4.98 Å². The van der Waals surface area contributed by atoms with E-state index in [-0.39, 0.29) is 0 Å². The monoisotopic (exact) mass is 154 g/mol. The number of imidazole rings is 1. The summed E-state index contributed by atoms with van der Waals surface area (Å²) in [6.07, 6.45) is 1.89. The van der Waals surface area contributed by atoms with Crippen LogP contribution in [0.25, 0.3) is 0 Å². The van der Waals surface area contributed by atoms with E-state index in [1.165, 1.54) is 0 Å². The van der Waals surface area contributed by atoms with Crippen LogP contribution in [-0.2, 0) is 6.54 Å². The average molecular weight is 154 g/mol. The molecule has 4 nitrogen and oxygen atoms in total. The second-order valence-electron chi connectivity index (χ2n) is 2.80. The zero-order valence-corrected chi connectivity index (χ0v) is 6.91. The van der Waals surface area contributed by atoms with Gasteiger partial charge in [0.1, 0.15) is 0 Å². The molecule has 0 aromatic carbocycles. The highest BCUT2D eigenvalue weighted by molar-refractivity contribution is 5.22. The van der Waals surface area contributed by atoms with Crippen LogP contribution in [0.1, 0.15) is 25.6 Å². The molecule has 0 atom stereocenters. The fourth-order valence-electron chi connectivity index (χ4n) is 0.972. The Morgan fingerprint density at radius 2 is 2.27 bits per heavy atom. The van der Waals surface area contributed by atoms with Crippen LogP contribution in [0.3, 0.4) is 0 Å². The number of aromatic nitrogens is 2. The molecule has 0 spiro atoms. The molecule has 11 heavy (non-hydrogen) atoms. The predicted octanol–water partition coefficient (Wildman–Crippen LogP) is 0.505. The molecule has 0 radical (unpaired) electrons. The fourth-order valence-corrected chi connectivity index (χ4v) is 0.972. The van der Waals surface area contributed by atoms with Crippen molar-refractivity contribution in [3.8, 4) is 0 Å². The maximum Gasteiger partial charge on any atom is 0.200 e. The molecule has 1 aromatic heterocycles. The van der Waals surface area contributed by atoms with Gasteiger partial charge in [0.05, 0.1) is 5.69 Å². The Morgan fingerprint density at radius 3 is 2.55 bits per heavy atom. The first-order valence-electron chi connectivity index (χ1n) is 3.68. The van der Waals surface area contributed by atoms with Crippen molar-refractivity contribution in [3.05, 3.63) is 11.9 Å². The van der Waals surface area contributed by atoms with E-state index in [0.717, 1.165) is 5.69 Å². The molecule has 0 bridgehead atoms. The number of nitrogens with two attached hydrogens (primary N) is 2. The Labute approximate surface area is 66.2 Å². The summed E-state index contributed by atoms with van der Waals surface area (Å²) in [6.45, 7) is 4.56. The van der Waals surface area contributed by atoms with Crippen molar-refractivity contribution in [1.29, 1.82) is 0 Å². The molecule has 4 N–H and O–H groups in total. The highest BCUT2D eigenvalue weighted by atomic mass is 15.2. The maximum atomic E-state index is 5.61. The highest BCUT2D eigenvalue weighted by Gasteiger charge is 2.05. The molecule has 4 heteroatoms. The lowest BCUT2D eigenvalue weighted by atomic mass is 10.4. The summed E-state index contributed by atoms with van der Waals surface area (Å²) in [5.41, 5.74) is 11.9. The zero-order chi connectivity index (χ0) is 8.43. The first-order valence-corrected chi connectivity index (χ1v) is 3.68. The van der Waals surface area contributed by atoms with Gasteiger partial charge in [0, 0.05) is 18.8 Å². The Kier molecular flexibility index (Phi) is 2.14. The van der Waals surface area contributed by atoms with Gasteiger partial charge in [0.15, 0.2) is 0 Å². The van der Waals surface area contributed by atoms with Crippen molar-refractivity contribution in [2.24, 2.45) is 5.73 Å². The van der Waals surface area contributed by atoms with Gasteiger partial charge in [0.2, 0.25) is 5.95 Å². The largest absolute Gasteiger partial charge is 0.369 e. The molecular formula is C7H14N4. The Hall–Kier alpha value is -1.03. The van der Waals surface area contributed by atoms with Gasteiger partial charge in [-0.1, -0.05) is 0 Å². The van der Waals surface area contributed by atoms with Crippen LogP contribution in [0, 0.1) is 0 Å². The number of rotatable bonds is 2. The summed E-state index contributed by atoms with van der Waals surface area (Å²) in [4.78, 5) is 4.07. The summed E-state index contributed by atoms with van der Waals surface area (Å²) >= 11 is 0. The lowest BCUT2D eigenvalue weighted by molar-refractivity contribution is 0.608. The Morgan fingerprint density at radius 1 is 1.64 bits per heavy atom. The molecule has 0 fully saturated rings. The first kappa shape index (κ1) is 8.07. The van der Waals surface area contributed by atoms with Gasteiger partial charge in [-0.15, -0.1) is 0 Å². The molecule has 1 rings (SSSR count).